The lowest BCUT2D eigenvalue weighted by molar-refractivity contribution is 0.530. The van der Waals surface area contributed by atoms with E-state index in [9.17, 15) is 0 Å². The van der Waals surface area contributed by atoms with E-state index in [0.29, 0.717) is 11.1 Å². The number of nitriles is 1. The lowest BCUT2D eigenvalue weighted by Gasteiger charge is -2.07. The molecule has 0 radical (unpaired) electrons. The van der Waals surface area contributed by atoms with Crippen LogP contribution in [-0.4, -0.2) is 0 Å². The Bertz CT molecular complexity index is 869. The molecule has 1 heterocycles. The van der Waals surface area contributed by atoms with Crippen molar-refractivity contribution in [2.24, 2.45) is 0 Å². The van der Waals surface area contributed by atoms with Crippen molar-refractivity contribution in [1.29, 1.82) is 10.7 Å². The van der Waals surface area contributed by atoms with Gasteiger partial charge in [0.05, 0.1) is 0 Å². The van der Waals surface area contributed by atoms with Crippen molar-refractivity contribution < 1.29 is 4.42 Å². The SMILES string of the molecule is Cc1c(C#N)c(=N)oc2ccc3ccccc3c12. The molecule has 3 heteroatoms. The fourth-order valence-electron chi connectivity index (χ4n) is 2.31. The Morgan fingerprint density at radius 2 is 1.94 bits per heavy atom. The zero-order chi connectivity index (χ0) is 12.7. The lowest BCUT2D eigenvalue weighted by atomic mass is 10.00. The highest BCUT2D eigenvalue weighted by Crippen LogP contribution is 2.28. The first-order valence-electron chi connectivity index (χ1n) is 5.62. The fraction of sp³-hybridized carbons (Fsp3) is 0.0667. The molecule has 0 atom stereocenters. The van der Waals surface area contributed by atoms with Crippen LogP contribution < -0.4 is 5.55 Å². The third-order valence-electron chi connectivity index (χ3n) is 3.19. The third kappa shape index (κ3) is 1.33. The maximum atomic E-state index is 9.10. The van der Waals surface area contributed by atoms with Gasteiger partial charge in [-0.3, -0.25) is 5.41 Å². The maximum absolute atomic E-state index is 9.10. The molecule has 0 unspecified atom stereocenters. The van der Waals surface area contributed by atoms with Crippen LogP contribution in [0.5, 0.6) is 0 Å². The molecule has 3 rings (SSSR count). The van der Waals surface area contributed by atoms with Crippen LogP contribution >= 0.6 is 0 Å². The Hall–Kier alpha value is -2.60. The fourth-order valence-corrected chi connectivity index (χ4v) is 2.31. The molecular weight excluding hydrogens is 224 g/mol. The van der Waals surface area contributed by atoms with Crippen LogP contribution in [0.15, 0.2) is 40.8 Å². The molecule has 0 aliphatic rings. The first-order chi connectivity index (χ1) is 8.72. The van der Waals surface area contributed by atoms with Gasteiger partial charge >= 0.3 is 0 Å². The summed E-state index contributed by atoms with van der Waals surface area (Å²) in [5.41, 5.74) is 1.69. The molecule has 86 valence electrons. The van der Waals surface area contributed by atoms with E-state index >= 15 is 0 Å². The first-order valence-corrected chi connectivity index (χ1v) is 5.62. The molecule has 0 saturated carbocycles. The predicted molar refractivity (Wildman–Crippen MR) is 69.0 cm³/mol. The van der Waals surface area contributed by atoms with Gasteiger partial charge < -0.3 is 4.42 Å². The van der Waals surface area contributed by atoms with Crippen molar-refractivity contribution in [3.05, 3.63) is 53.1 Å². The number of rotatable bonds is 0. The second-order valence-corrected chi connectivity index (χ2v) is 4.20. The summed E-state index contributed by atoms with van der Waals surface area (Å²) < 4.78 is 5.42. The summed E-state index contributed by atoms with van der Waals surface area (Å²) in [5, 5.41) is 19.9. The summed E-state index contributed by atoms with van der Waals surface area (Å²) in [7, 11) is 0. The van der Waals surface area contributed by atoms with Crippen LogP contribution in [0.25, 0.3) is 21.7 Å². The average molecular weight is 234 g/mol. The summed E-state index contributed by atoms with van der Waals surface area (Å²) in [6.07, 6.45) is 0. The van der Waals surface area contributed by atoms with Gasteiger partial charge in [-0.1, -0.05) is 30.3 Å². The highest BCUT2D eigenvalue weighted by molar-refractivity contribution is 6.07. The molecule has 18 heavy (non-hydrogen) atoms. The Kier molecular flexibility index (Phi) is 2.17. The quantitative estimate of drug-likeness (QED) is 0.607. The zero-order valence-corrected chi connectivity index (χ0v) is 9.82. The zero-order valence-electron chi connectivity index (χ0n) is 9.82. The molecule has 1 N–H and O–H groups in total. The van der Waals surface area contributed by atoms with E-state index in [2.05, 4.69) is 0 Å². The van der Waals surface area contributed by atoms with E-state index in [1.54, 1.807) is 0 Å². The topological polar surface area (TPSA) is 60.8 Å². The number of benzene rings is 2. The molecule has 1 aromatic heterocycles. The molecule has 0 bridgehead atoms. The summed E-state index contributed by atoms with van der Waals surface area (Å²) in [5.74, 6) is 0. The Labute approximate surface area is 103 Å². The van der Waals surface area contributed by atoms with E-state index < -0.39 is 0 Å². The molecule has 2 aromatic carbocycles. The van der Waals surface area contributed by atoms with Gasteiger partial charge in [-0.25, -0.2) is 0 Å². The second-order valence-electron chi connectivity index (χ2n) is 4.20. The average Bonchev–Trinajstić information content (AvgIpc) is 2.38. The van der Waals surface area contributed by atoms with Gasteiger partial charge in [0.1, 0.15) is 17.2 Å². The van der Waals surface area contributed by atoms with Crippen LogP contribution in [0, 0.1) is 23.7 Å². The molecule has 3 nitrogen and oxygen atoms in total. The van der Waals surface area contributed by atoms with Crippen molar-refractivity contribution in [2.75, 3.05) is 0 Å². The van der Waals surface area contributed by atoms with Gasteiger partial charge in [0.25, 0.3) is 0 Å². The van der Waals surface area contributed by atoms with Crippen LogP contribution in [0.3, 0.4) is 0 Å². The minimum Gasteiger partial charge on any atom is -0.438 e. The summed E-state index contributed by atoms with van der Waals surface area (Å²) in [4.78, 5) is 0. The number of nitrogens with one attached hydrogen (secondary N) is 1. The number of nitrogens with zero attached hydrogens (tertiary/aromatic N) is 1. The second kappa shape index (κ2) is 3.71. The van der Waals surface area contributed by atoms with E-state index in [4.69, 9.17) is 15.1 Å². The van der Waals surface area contributed by atoms with E-state index in [1.165, 1.54) is 0 Å². The summed E-state index contributed by atoms with van der Waals surface area (Å²) in [6, 6.07) is 13.8. The molecule has 0 saturated heterocycles. The van der Waals surface area contributed by atoms with Gasteiger partial charge in [0, 0.05) is 5.39 Å². The van der Waals surface area contributed by atoms with Crippen molar-refractivity contribution >= 4 is 21.7 Å². The largest absolute Gasteiger partial charge is 0.438 e. The minimum absolute atomic E-state index is 0.0715. The van der Waals surface area contributed by atoms with Gasteiger partial charge in [-0.2, -0.15) is 5.26 Å². The van der Waals surface area contributed by atoms with Crippen LogP contribution in [0.2, 0.25) is 0 Å². The Balaban J connectivity index is 2.66. The maximum Gasteiger partial charge on any atom is 0.230 e. The number of hydrogen-bond donors (Lipinski definition) is 1. The molecule has 0 aliphatic heterocycles. The van der Waals surface area contributed by atoms with Crippen molar-refractivity contribution in [2.45, 2.75) is 6.92 Å². The van der Waals surface area contributed by atoms with E-state index in [1.807, 2.05) is 49.4 Å². The number of hydrogen-bond acceptors (Lipinski definition) is 3. The number of fused-ring (bicyclic) bond motifs is 3. The monoisotopic (exact) mass is 234 g/mol. The van der Waals surface area contributed by atoms with E-state index in [0.717, 1.165) is 21.7 Å². The molecule has 0 aliphatic carbocycles. The Morgan fingerprint density at radius 3 is 2.72 bits per heavy atom. The van der Waals surface area contributed by atoms with Gasteiger partial charge in [0.15, 0.2) is 0 Å². The molecule has 3 aromatic rings. The third-order valence-corrected chi connectivity index (χ3v) is 3.19. The van der Waals surface area contributed by atoms with Crippen molar-refractivity contribution in [3.63, 3.8) is 0 Å². The molecular formula is C15H10N2O. The summed E-state index contributed by atoms with van der Waals surface area (Å²) >= 11 is 0. The Morgan fingerprint density at radius 1 is 1.17 bits per heavy atom. The molecule has 0 spiro atoms. The smallest absolute Gasteiger partial charge is 0.230 e. The molecule has 0 fully saturated rings. The van der Waals surface area contributed by atoms with Gasteiger partial charge in [-0.15, -0.1) is 0 Å². The predicted octanol–water partition coefficient (Wildman–Crippen LogP) is 3.25. The van der Waals surface area contributed by atoms with Crippen molar-refractivity contribution in [1.82, 2.24) is 0 Å². The normalized spacial score (nSPS) is 10.7. The summed E-state index contributed by atoms with van der Waals surface area (Å²) in [6.45, 7) is 1.86. The van der Waals surface area contributed by atoms with Gasteiger partial charge in [0.2, 0.25) is 5.55 Å². The van der Waals surface area contributed by atoms with Crippen LogP contribution in [-0.2, 0) is 0 Å². The lowest BCUT2D eigenvalue weighted by Crippen LogP contribution is -2.07. The molecule has 0 amide bonds. The minimum atomic E-state index is -0.0715. The van der Waals surface area contributed by atoms with E-state index in [-0.39, 0.29) is 5.55 Å². The first kappa shape index (κ1) is 10.5. The van der Waals surface area contributed by atoms with Gasteiger partial charge in [-0.05, 0) is 29.3 Å². The highest BCUT2D eigenvalue weighted by Gasteiger charge is 2.11. The number of aryl methyl sites for hydroxylation is 1. The van der Waals surface area contributed by atoms with Crippen LogP contribution in [0.1, 0.15) is 11.1 Å². The highest BCUT2D eigenvalue weighted by atomic mass is 16.3. The van der Waals surface area contributed by atoms with Crippen LogP contribution in [0.4, 0.5) is 0 Å². The van der Waals surface area contributed by atoms with Crippen molar-refractivity contribution in [3.8, 4) is 6.07 Å². The standard InChI is InChI=1S/C15H10N2O/c1-9-12(8-16)15(17)18-13-7-6-10-4-2-3-5-11(10)14(9)13/h2-7,17H,1H3.